The van der Waals surface area contributed by atoms with E-state index in [0.29, 0.717) is 6.54 Å². The standard InChI is InChI=1S/C14H29NO3/c1-2-3-4-5-6-7-8-9-15-10-12(17)14(15)13(18)11-16/h12-14,16-18H,2-11H2,1H3. The molecular weight excluding hydrogens is 230 g/mol. The number of hydrogen-bond donors (Lipinski definition) is 3. The lowest BCUT2D eigenvalue weighted by atomic mass is 9.93. The van der Waals surface area contributed by atoms with Gasteiger partial charge in [-0.2, -0.15) is 0 Å². The van der Waals surface area contributed by atoms with Gasteiger partial charge in [-0.15, -0.1) is 0 Å². The predicted octanol–water partition coefficient (Wildman–Crippen LogP) is 1.14. The Balaban J connectivity index is 2.02. The smallest absolute Gasteiger partial charge is 0.0951 e. The maximum atomic E-state index is 9.57. The molecule has 0 aromatic heterocycles. The highest BCUT2D eigenvalue weighted by molar-refractivity contribution is 4.95. The van der Waals surface area contributed by atoms with Gasteiger partial charge in [0.1, 0.15) is 0 Å². The van der Waals surface area contributed by atoms with Gasteiger partial charge in [-0.05, 0) is 13.0 Å². The number of hydrogen-bond acceptors (Lipinski definition) is 4. The summed E-state index contributed by atoms with van der Waals surface area (Å²) in [5, 5.41) is 28.0. The van der Waals surface area contributed by atoms with Crippen LogP contribution in [0.3, 0.4) is 0 Å². The summed E-state index contributed by atoms with van der Waals surface area (Å²) in [6.45, 7) is 3.52. The normalized spacial score (nSPS) is 26.0. The summed E-state index contributed by atoms with van der Waals surface area (Å²) in [5.74, 6) is 0. The van der Waals surface area contributed by atoms with E-state index in [2.05, 4.69) is 11.8 Å². The molecule has 0 radical (unpaired) electrons. The molecule has 3 unspecified atom stereocenters. The Labute approximate surface area is 111 Å². The number of aliphatic hydroxyl groups is 3. The lowest BCUT2D eigenvalue weighted by molar-refractivity contribution is -0.124. The van der Waals surface area contributed by atoms with Crippen molar-refractivity contribution >= 4 is 0 Å². The first-order valence-corrected chi connectivity index (χ1v) is 7.41. The average molecular weight is 259 g/mol. The summed E-state index contributed by atoms with van der Waals surface area (Å²) >= 11 is 0. The van der Waals surface area contributed by atoms with E-state index in [1.165, 1.54) is 38.5 Å². The molecule has 4 heteroatoms. The van der Waals surface area contributed by atoms with Crippen LogP contribution in [0.5, 0.6) is 0 Å². The molecular formula is C14H29NO3. The Morgan fingerprint density at radius 1 is 1.11 bits per heavy atom. The summed E-state index contributed by atoms with van der Waals surface area (Å²) in [6.07, 6.45) is 7.62. The largest absolute Gasteiger partial charge is 0.394 e. The van der Waals surface area contributed by atoms with Crippen molar-refractivity contribution in [3.05, 3.63) is 0 Å². The van der Waals surface area contributed by atoms with E-state index in [0.717, 1.165) is 13.0 Å². The summed E-state index contributed by atoms with van der Waals surface area (Å²) in [5.41, 5.74) is 0. The molecule has 0 bridgehead atoms. The summed E-state index contributed by atoms with van der Waals surface area (Å²) in [6, 6.07) is -0.255. The van der Waals surface area contributed by atoms with Crippen molar-refractivity contribution in [2.45, 2.75) is 70.1 Å². The van der Waals surface area contributed by atoms with Gasteiger partial charge in [0.15, 0.2) is 0 Å². The van der Waals surface area contributed by atoms with E-state index in [9.17, 15) is 10.2 Å². The van der Waals surface area contributed by atoms with Gasteiger partial charge in [0, 0.05) is 6.54 Å². The molecule has 1 aliphatic rings. The fraction of sp³-hybridized carbons (Fsp3) is 1.00. The Hall–Kier alpha value is -0.160. The molecule has 3 N–H and O–H groups in total. The zero-order valence-electron chi connectivity index (χ0n) is 11.6. The van der Waals surface area contributed by atoms with Crippen LogP contribution in [0.4, 0.5) is 0 Å². The quantitative estimate of drug-likeness (QED) is 0.515. The van der Waals surface area contributed by atoms with Crippen LogP contribution in [0, 0.1) is 0 Å². The van der Waals surface area contributed by atoms with E-state index in [1.54, 1.807) is 0 Å². The molecule has 1 aliphatic heterocycles. The van der Waals surface area contributed by atoms with Crippen LogP contribution in [0.25, 0.3) is 0 Å². The van der Waals surface area contributed by atoms with E-state index in [1.807, 2.05) is 0 Å². The molecule has 108 valence electrons. The zero-order valence-corrected chi connectivity index (χ0v) is 11.6. The minimum Gasteiger partial charge on any atom is -0.394 e. The third kappa shape index (κ3) is 4.84. The van der Waals surface area contributed by atoms with Crippen molar-refractivity contribution in [2.24, 2.45) is 0 Å². The van der Waals surface area contributed by atoms with Crippen LogP contribution < -0.4 is 0 Å². The van der Waals surface area contributed by atoms with Crippen molar-refractivity contribution in [1.82, 2.24) is 4.90 Å². The van der Waals surface area contributed by atoms with Crippen LogP contribution in [-0.4, -0.2) is 58.2 Å². The Bertz CT molecular complexity index is 213. The van der Waals surface area contributed by atoms with Crippen molar-refractivity contribution in [3.8, 4) is 0 Å². The highest BCUT2D eigenvalue weighted by Gasteiger charge is 2.41. The van der Waals surface area contributed by atoms with Crippen LogP contribution in [0.2, 0.25) is 0 Å². The molecule has 0 spiro atoms. The van der Waals surface area contributed by atoms with Gasteiger partial charge in [0.05, 0.1) is 24.9 Å². The maximum Gasteiger partial charge on any atom is 0.0951 e. The zero-order chi connectivity index (χ0) is 13.4. The molecule has 1 rings (SSSR count). The van der Waals surface area contributed by atoms with Crippen molar-refractivity contribution in [3.63, 3.8) is 0 Å². The minimum atomic E-state index is -0.807. The minimum absolute atomic E-state index is 0.255. The fourth-order valence-electron chi connectivity index (χ4n) is 2.70. The third-order valence-electron chi connectivity index (χ3n) is 3.87. The fourth-order valence-corrected chi connectivity index (χ4v) is 2.70. The predicted molar refractivity (Wildman–Crippen MR) is 72.5 cm³/mol. The Morgan fingerprint density at radius 3 is 2.28 bits per heavy atom. The second-order valence-corrected chi connectivity index (χ2v) is 5.42. The number of nitrogens with zero attached hydrogens (tertiary/aromatic N) is 1. The second-order valence-electron chi connectivity index (χ2n) is 5.42. The van der Waals surface area contributed by atoms with E-state index >= 15 is 0 Å². The SMILES string of the molecule is CCCCCCCCCN1CC(O)C1C(O)CO. The second kappa shape index (κ2) is 8.86. The molecule has 4 nitrogen and oxygen atoms in total. The van der Waals surface area contributed by atoms with Gasteiger partial charge >= 0.3 is 0 Å². The Kier molecular flexibility index (Phi) is 7.82. The van der Waals surface area contributed by atoms with Crippen molar-refractivity contribution in [1.29, 1.82) is 0 Å². The van der Waals surface area contributed by atoms with E-state index in [4.69, 9.17) is 5.11 Å². The molecule has 1 saturated heterocycles. The first-order chi connectivity index (χ1) is 8.70. The van der Waals surface area contributed by atoms with Crippen molar-refractivity contribution < 1.29 is 15.3 Å². The van der Waals surface area contributed by atoms with Crippen LogP contribution >= 0.6 is 0 Å². The van der Waals surface area contributed by atoms with Crippen LogP contribution in [-0.2, 0) is 0 Å². The molecule has 18 heavy (non-hydrogen) atoms. The van der Waals surface area contributed by atoms with E-state index < -0.39 is 12.2 Å². The first kappa shape index (κ1) is 15.9. The number of β-amino-alcohol motifs (C(OH)–C–C–N with tert-alkyl or cyclic N) is 1. The molecule has 1 fully saturated rings. The third-order valence-corrected chi connectivity index (χ3v) is 3.87. The summed E-state index contributed by atoms with van der Waals surface area (Å²) < 4.78 is 0. The lowest BCUT2D eigenvalue weighted by Gasteiger charge is -2.47. The van der Waals surface area contributed by atoms with Gasteiger partial charge in [0.25, 0.3) is 0 Å². The molecule has 0 aliphatic carbocycles. The highest BCUT2D eigenvalue weighted by Crippen LogP contribution is 2.22. The molecule has 3 atom stereocenters. The number of rotatable bonds is 10. The topological polar surface area (TPSA) is 63.9 Å². The molecule has 0 aromatic rings. The van der Waals surface area contributed by atoms with Crippen LogP contribution in [0.15, 0.2) is 0 Å². The van der Waals surface area contributed by atoms with E-state index in [-0.39, 0.29) is 12.6 Å². The van der Waals surface area contributed by atoms with Gasteiger partial charge < -0.3 is 15.3 Å². The van der Waals surface area contributed by atoms with Gasteiger partial charge in [-0.3, -0.25) is 4.90 Å². The number of unbranched alkanes of at least 4 members (excludes halogenated alkanes) is 6. The maximum absolute atomic E-state index is 9.57. The summed E-state index contributed by atoms with van der Waals surface area (Å²) in [7, 11) is 0. The van der Waals surface area contributed by atoms with Gasteiger partial charge in [-0.1, -0.05) is 45.4 Å². The Morgan fingerprint density at radius 2 is 1.72 bits per heavy atom. The lowest BCUT2D eigenvalue weighted by Crippen LogP contribution is -2.65. The molecule has 0 saturated carbocycles. The number of aliphatic hydroxyl groups excluding tert-OH is 3. The number of likely N-dealkylation sites (tertiary alicyclic amines) is 1. The summed E-state index contributed by atoms with van der Waals surface area (Å²) in [4.78, 5) is 2.08. The molecule has 0 amide bonds. The monoisotopic (exact) mass is 259 g/mol. The molecule has 0 aromatic carbocycles. The van der Waals surface area contributed by atoms with Crippen LogP contribution in [0.1, 0.15) is 51.9 Å². The highest BCUT2D eigenvalue weighted by atomic mass is 16.3. The molecule has 1 heterocycles. The average Bonchev–Trinajstić information content (AvgIpc) is 2.35. The van der Waals surface area contributed by atoms with Gasteiger partial charge in [0.2, 0.25) is 0 Å². The first-order valence-electron chi connectivity index (χ1n) is 7.41. The van der Waals surface area contributed by atoms with Crippen molar-refractivity contribution in [2.75, 3.05) is 19.7 Å². The van der Waals surface area contributed by atoms with Gasteiger partial charge in [-0.25, -0.2) is 0 Å².